The van der Waals surface area contributed by atoms with E-state index in [-0.39, 0.29) is 6.04 Å². The van der Waals surface area contributed by atoms with Crippen molar-refractivity contribution in [2.75, 3.05) is 18.3 Å². The van der Waals surface area contributed by atoms with E-state index in [9.17, 15) is 21.6 Å². The highest BCUT2D eigenvalue weighted by Gasteiger charge is 2.32. The molecule has 1 unspecified atom stereocenters. The van der Waals surface area contributed by atoms with Gasteiger partial charge < -0.3 is 4.90 Å². The van der Waals surface area contributed by atoms with E-state index in [2.05, 4.69) is 14.6 Å². The molecule has 1 aliphatic heterocycles. The smallest absolute Gasteiger partial charge is 0.354 e. The number of sulfonamides is 1. The topological polar surface area (TPSA) is 61.8 Å². The molecule has 0 saturated carbocycles. The van der Waals surface area contributed by atoms with Crippen LogP contribution in [0.4, 0.5) is 18.9 Å². The number of nitrogens with zero attached hydrogens (tertiary/aromatic N) is 2. The minimum atomic E-state index is -4.62. The molecule has 0 aliphatic carbocycles. The summed E-state index contributed by atoms with van der Waals surface area (Å²) >= 11 is 0. The molecule has 5 nitrogen and oxygen atoms in total. The largest absolute Gasteiger partial charge is 0.416 e. The molecular formula is C22H26F3N3O2S. The lowest BCUT2D eigenvalue weighted by Gasteiger charge is -2.32. The molecule has 168 valence electrons. The maximum Gasteiger partial charge on any atom is 0.416 e. The van der Waals surface area contributed by atoms with Crippen LogP contribution in [0, 0.1) is 0 Å². The zero-order chi connectivity index (χ0) is 22.6. The number of aliphatic imine (C=N–C) groups is 1. The molecule has 0 radical (unpaired) electrons. The minimum absolute atomic E-state index is 0.155. The van der Waals surface area contributed by atoms with Crippen molar-refractivity contribution in [1.29, 1.82) is 0 Å². The van der Waals surface area contributed by atoms with Crippen LogP contribution >= 0.6 is 0 Å². The molecule has 1 atom stereocenters. The van der Waals surface area contributed by atoms with Crippen molar-refractivity contribution in [2.24, 2.45) is 4.99 Å². The molecule has 0 amide bonds. The molecule has 0 spiro atoms. The summed E-state index contributed by atoms with van der Waals surface area (Å²) in [4.78, 5) is 6.15. The first-order chi connectivity index (χ1) is 14.6. The van der Waals surface area contributed by atoms with Gasteiger partial charge in [-0.05, 0) is 49.6 Å². The molecule has 9 heteroatoms. The molecule has 1 heterocycles. The Labute approximate surface area is 181 Å². The molecule has 31 heavy (non-hydrogen) atoms. The van der Waals surface area contributed by atoms with Gasteiger partial charge in [-0.1, -0.05) is 30.7 Å². The number of nitrogens with one attached hydrogen (secondary N) is 1. The zero-order valence-electron chi connectivity index (χ0n) is 17.5. The second-order valence-corrected chi connectivity index (χ2v) is 9.22. The first-order valence-electron chi connectivity index (χ1n) is 10.1. The van der Waals surface area contributed by atoms with Gasteiger partial charge in [0.2, 0.25) is 0 Å². The van der Waals surface area contributed by atoms with E-state index in [4.69, 9.17) is 0 Å². The fraction of sp³-hybridized carbons (Fsp3) is 0.409. The Balaban J connectivity index is 1.93. The van der Waals surface area contributed by atoms with Gasteiger partial charge in [0.05, 0.1) is 28.0 Å². The molecule has 2 aromatic carbocycles. The molecular weight excluding hydrogens is 427 g/mol. The molecule has 1 aliphatic rings. The molecule has 2 aromatic rings. The Kier molecular flexibility index (Phi) is 6.93. The van der Waals surface area contributed by atoms with E-state index in [0.29, 0.717) is 11.8 Å². The van der Waals surface area contributed by atoms with E-state index in [1.807, 2.05) is 19.1 Å². The van der Waals surface area contributed by atoms with Crippen LogP contribution in [0.25, 0.3) is 0 Å². The van der Waals surface area contributed by atoms with Crippen LogP contribution in [0.5, 0.6) is 0 Å². The number of halogens is 3. The van der Waals surface area contributed by atoms with E-state index in [0.717, 1.165) is 61.8 Å². The molecule has 1 N–H and O–H groups in total. The number of alkyl halides is 3. The first kappa shape index (κ1) is 23.1. The van der Waals surface area contributed by atoms with Crippen molar-refractivity contribution in [3.05, 3.63) is 59.7 Å². The van der Waals surface area contributed by atoms with Gasteiger partial charge in [-0.3, -0.25) is 9.71 Å². The van der Waals surface area contributed by atoms with Gasteiger partial charge in [0.25, 0.3) is 10.0 Å². The summed E-state index contributed by atoms with van der Waals surface area (Å²) in [6.07, 6.45) is -0.590. The number of para-hydroxylation sites is 1. The summed E-state index contributed by atoms with van der Waals surface area (Å²) in [5, 5.41) is 0. The van der Waals surface area contributed by atoms with E-state index in [1.54, 1.807) is 19.2 Å². The molecule has 1 fully saturated rings. The summed E-state index contributed by atoms with van der Waals surface area (Å²) in [5.74, 6) is 0.973. The van der Waals surface area contributed by atoms with Gasteiger partial charge in [-0.15, -0.1) is 0 Å². The van der Waals surface area contributed by atoms with Crippen LogP contribution in [0.15, 0.2) is 58.4 Å². The van der Waals surface area contributed by atoms with Crippen molar-refractivity contribution in [2.45, 2.75) is 49.7 Å². The third kappa shape index (κ3) is 5.39. The van der Waals surface area contributed by atoms with Gasteiger partial charge in [0, 0.05) is 20.0 Å². The summed E-state index contributed by atoms with van der Waals surface area (Å²) in [7, 11) is -2.46. The van der Waals surface area contributed by atoms with Crippen molar-refractivity contribution < 1.29 is 21.6 Å². The lowest BCUT2D eigenvalue weighted by Crippen LogP contribution is -2.33. The highest BCUT2D eigenvalue weighted by Crippen LogP contribution is 2.33. The number of anilines is 1. The van der Waals surface area contributed by atoms with E-state index < -0.39 is 26.7 Å². The van der Waals surface area contributed by atoms with Crippen LogP contribution in [-0.4, -0.2) is 32.7 Å². The average molecular weight is 454 g/mol. The Hall–Kier alpha value is -2.55. The quantitative estimate of drug-likeness (QED) is 0.653. The van der Waals surface area contributed by atoms with Crippen LogP contribution in [0.3, 0.4) is 0 Å². The Morgan fingerprint density at radius 3 is 2.52 bits per heavy atom. The molecule has 3 rings (SSSR count). The maximum absolute atomic E-state index is 13.0. The number of hydrogen-bond donors (Lipinski definition) is 1. The Bertz CT molecular complexity index is 1050. The van der Waals surface area contributed by atoms with Crippen molar-refractivity contribution in [1.82, 2.24) is 4.90 Å². The summed E-state index contributed by atoms with van der Waals surface area (Å²) < 4.78 is 67.4. The second-order valence-electron chi connectivity index (χ2n) is 7.54. The minimum Gasteiger partial charge on any atom is -0.354 e. The van der Waals surface area contributed by atoms with Gasteiger partial charge >= 0.3 is 6.18 Å². The lowest BCUT2D eigenvalue weighted by atomic mass is 10.0. The number of rotatable bonds is 5. The monoisotopic (exact) mass is 453 g/mol. The first-order valence-corrected chi connectivity index (χ1v) is 11.6. The standard InChI is InChI=1S/C22H26F3N3O2S/c1-16(28-14-7-3-4-13-21(28)26-2)19-11-5-6-12-20(19)27-31(29,30)18-10-8-9-17(15-18)22(23,24)25/h5-6,8-12,15-16,27H,3-4,7,13-14H2,1-2H3/b26-21-. The predicted octanol–water partition coefficient (Wildman–Crippen LogP) is 5.47. The number of amidine groups is 1. The predicted molar refractivity (Wildman–Crippen MR) is 116 cm³/mol. The highest BCUT2D eigenvalue weighted by atomic mass is 32.2. The summed E-state index contributed by atoms with van der Waals surface area (Å²) in [5.41, 5.74) is 0.0682. The highest BCUT2D eigenvalue weighted by molar-refractivity contribution is 7.92. The van der Waals surface area contributed by atoms with Crippen LogP contribution < -0.4 is 4.72 Å². The Morgan fingerprint density at radius 2 is 1.81 bits per heavy atom. The van der Waals surface area contributed by atoms with Gasteiger partial charge in [-0.2, -0.15) is 13.2 Å². The van der Waals surface area contributed by atoms with Crippen molar-refractivity contribution in [3.63, 3.8) is 0 Å². The maximum atomic E-state index is 13.0. The third-order valence-corrected chi connectivity index (χ3v) is 6.85. The average Bonchev–Trinajstić information content (AvgIpc) is 2.98. The van der Waals surface area contributed by atoms with Gasteiger partial charge in [0.15, 0.2) is 0 Å². The van der Waals surface area contributed by atoms with Crippen LogP contribution in [0.2, 0.25) is 0 Å². The van der Waals surface area contributed by atoms with E-state index in [1.165, 1.54) is 0 Å². The summed E-state index contributed by atoms with van der Waals surface area (Å²) in [6, 6.07) is 10.5. The number of likely N-dealkylation sites (tertiary alicyclic amines) is 1. The second kappa shape index (κ2) is 9.30. The molecule has 0 aromatic heterocycles. The number of hydrogen-bond acceptors (Lipinski definition) is 3. The van der Waals surface area contributed by atoms with Gasteiger partial charge in [0.1, 0.15) is 0 Å². The molecule has 1 saturated heterocycles. The fourth-order valence-corrected chi connectivity index (χ4v) is 4.97. The fourth-order valence-electron chi connectivity index (χ4n) is 3.84. The lowest BCUT2D eigenvalue weighted by molar-refractivity contribution is -0.137. The third-order valence-electron chi connectivity index (χ3n) is 5.48. The van der Waals surface area contributed by atoms with Gasteiger partial charge in [-0.25, -0.2) is 8.42 Å². The van der Waals surface area contributed by atoms with Crippen LogP contribution in [0.1, 0.15) is 49.8 Å². The van der Waals surface area contributed by atoms with E-state index >= 15 is 0 Å². The van der Waals surface area contributed by atoms with Crippen LogP contribution in [-0.2, 0) is 16.2 Å². The van der Waals surface area contributed by atoms with Crippen molar-refractivity contribution >= 4 is 21.5 Å². The SMILES string of the molecule is C/N=C1/CCCCCN1C(C)c1ccccc1NS(=O)(=O)c1cccc(C(F)(F)F)c1. The number of benzene rings is 2. The summed E-state index contributed by atoms with van der Waals surface area (Å²) in [6.45, 7) is 2.79. The van der Waals surface area contributed by atoms with Crippen molar-refractivity contribution in [3.8, 4) is 0 Å². The normalized spacial score (nSPS) is 18.0. The zero-order valence-corrected chi connectivity index (χ0v) is 18.3. The molecule has 0 bridgehead atoms. The Morgan fingerprint density at radius 1 is 1.06 bits per heavy atom.